The SMILES string of the molecule is Cn1ncc(Cl)c1CNC(=S)Nc1cnn(Cc2ccccc2Cl)c1. The summed E-state index contributed by atoms with van der Waals surface area (Å²) >= 11 is 17.5. The maximum absolute atomic E-state index is 6.18. The Morgan fingerprint density at radius 3 is 2.68 bits per heavy atom. The fraction of sp³-hybridized carbons (Fsp3) is 0.188. The second kappa shape index (κ2) is 7.86. The van der Waals surface area contributed by atoms with Gasteiger partial charge in [-0.25, -0.2) is 0 Å². The summed E-state index contributed by atoms with van der Waals surface area (Å²) in [5, 5.41) is 16.4. The van der Waals surface area contributed by atoms with Gasteiger partial charge in [-0.1, -0.05) is 41.4 Å². The first-order chi connectivity index (χ1) is 12.0. The van der Waals surface area contributed by atoms with Crippen LogP contribution in [0.4, 0.5) is 5.69 Å². The highest BCUT2D eigenvalue weighted by molar-refractivity contribution is 7.80. The minimum Gasteiger partial charge on any atom is -0.357 e. The minimum absolute atomic E-state index is 0.481. The molecule has 1 aromatic carbocycles. The number of aromatic nitrogens is 4. The molecule has 0 aliphatic heterocycles. The predicted molar refractivity (Wildman–Crippen MR) is 104 cm³/mol. The van der Waals surface area contributed by atoms with Crippen LogP contribution in [0.5, 0.6) is 0 Å². The first-order valence-corrected chi connectivity index (χ1v) is 8.66. The molecular weight excluding hydrogens is 379 g/mol. The lowest BCUT2D eigenvalue weighted by Crippen LogP contribution is -2.28. The van der Waals surface area contributed by atoms with Crippen LogP contribution in [0.2, 0.25) is 10.0 Å². The van der Waals surface area contributed by atoms with Crippen LogP contribution in [0.25, 0.3) is 0 Å². The van der Waals surface area contributed by atoms with E-state index in [2.05, 4.69) is 20.8 Å². The van der Waals surface area contributed by atoms with E-state index in [9.17, 15) is 0 Å². The zero-order chi connectivity index (χ0) is 17.8. The van der Waals surface area contributed by atoms with Gasteiger partial charge in [-0.3, -0.25) is 9.36 Å². The van der Waals surface area contributed by atoms with Gasteiger partial charge in [-0.15, -0.1) is 0 Å². The van der Waals surface area contributed by atoms with E-state index in [4.69, 9.17) is 35.4 Å². The smallest absolute Gasteiger partial charge is 0.171 e. The van der Waals surface area contributed by atoms with Crippen LogP contribution in [-0.4, -0.2) is 24.7 Å². The van der Waals surface area contributed by atoms with Crippen LogP contribution in [-0.2, 0) is 20.1 Å². The molecule has 6 nitrogen and oxygen atoms in total. The standard InChI is InChI=1S/C16H16Cl2N6S/c1-23-15(14(18)7-20-23)8-19-16(25)22-12-6-21-24(10-12)9-11-4-2-3-5-13(11)17/h2-7,10H,8-9H2,1H3,(H2,19,22,25). The zero-order valence-corrected chi connectivity index (χ0v) is 15.7. The Bertz CT molecular complexity index is 869. The summed E-state index contributed by atoms with van der Waals surface area (Å²) in [6.07, 6.45) is 5.18. The Morgan fingerprint density at radius 2 is 1.96 bits per heavy atom. The third-order valence-corrected chi connectivity index (χ3v) is 4.54. The quantitative estimate of drug-likeness (QED) is 0.648. The van der Waals surface area contributed by atoms with Gasteiger partial charge in [-0.05, 0) is 23.8 Å². The van der Waals surface area contributed by atoms with Crippen molar-refractivity contribution in [2.75, 3.05) is 5.32 Å². The molecule has 0 atom stereocenters. The van der Waals surface area contributed by atoms with E-state index in [0.717, 1.165) is 22.0 Å². The Labute approximate surface area is 160 Å². The van der Waals surface area contributed by atoms with Gasteiger partial charge >= 0.3 is 0 Å². The van der Waals surface area contributed by atoms with Gasteiger partial charge in [0, 0.05) is 18.3 Å². The second-order valence-corrected chi connectivity index (χ2v) is 6.61. The van der Waals surface area contributed by atoms with Crippen molar-refractivity contribution in [3.63, 3.8) is 0 Å². The third-order valence-electron chi connectivity index (χ3n) is 3.61. The molecule has 0 spiro atoms. The molecule has 130 valence electrons. The number of benzene rings is 1. The van der Waals surface area contributed by atoms with Crippen molar-refractivity contribution >= 4 is 46.2 Å². The summed E-state index contributed by atoms with van der Waals surface area (Å²) in [6, 6.07) is 7.69. The van der Waals surface area contributed by atoms with Gasteiger partial charge in [0.2, 0.25) is 0 Å². The number of thiocarbonyl (C=S) groups is 1. The number of hydrogen-bond donors (Lipinski definition) is 2. The van der Waals surface area contributed by atoms with Gasteiger partial charge < -0.3 is 10.6 Å². The Balaban J connectivity index is 1.56. The molecule has 0 aliphatic rings. The lowest BCUT2D eigenvalue weighted by Gasteiger charge is -2.09. The second-order valence-electron chi connectivity index (χ2n) is 5.39. The number of aryl methyl sites for hydroxylation is 1. The van der Waals surface area contributed by atoms with Crippen molar-refractivity contribution in [2.45, 2.75) is 13.1 Å². The normalized spacial score (nSPS) is 10.7. The minimum atomic E-state index is 0.481. The summed E-state index contributed by atoms with van der Waals surface area (Å²) in [7, 11) is 1.83. The molecule has 0 amide bonds. The Kier molecular flexibility index (Phi) is 5.57. The van der Waals surface area contributed by atoms with Crippen LogP contribution in [0.1, 0.15) is 11.3 Å². The highest BCUT2D eigenvalue weighted by Crippen LogP contribution is 2.17. The Morgan fingerprint density at radius 1 is 1.16 bits per heavy atom. The first kappa shape index (κ1) is 17.7. The lowest BCUT2D eigenvalue weighted by atomic mass is 10.2. The van der Waals surface area contributed by atoms with Crippen molar-refractivity contribution in [2.24, 2.45) is 7.05 Å². The molecule has 2 aromatic heterocycles. The highest BCUT2D eigenvalue weighted by atomic mass is 35.5. The van der Waals surface area contributed by atoms with Crippen molar-refractivity contribution in [1.29, 1.82) is 0 Å². The molecule has 3 rings (SSSR count). The van der Waals surface area contributed by atoms with E-state index < -0.39 is 0 Å². The lowest BCUT2D eigenvalue weighted by molar-refractivity contribution is 0.687. The predicted octanol–water partition coefficient (Wildman–Crippen LogP) is 3.46. The molecule has 0 radical (unpaired) electrons. The van der Waals surface area contributed by atoms with Crippen molar-refractivity contribution in [1.82, 2.24) is 24.9 Å². The number of anilines is 1. The van der Waals surface area contributed by atoms with Crippen LogP contribution in [0, 0.1) is 0 Å². The molecule has 0 saturated heterocycles. The summed E-state index contributed by atoms with van der Waals surface area (Å²) < 4.78 is 3.50. The summed E-state index contributed by atoms with van der Waals surface area (Å²) in [5.74, 6) is 0. The van der Waals surface area contributed by atoms with Crippen LogP contribution in [0.15, 0.2) is 42.9 Å². The fourth-order valence-electron chi connectivity index (χ4n) is 2.29. The third kappa shape index (κ3) is 4.50. The van der Waals surface area contributed by atoms with Gasteiger partial charge in [0.05, 0.1) is 41.9 Å². The van der Waals surface area contributed by atoms with Crippen molar-refractivity contribution < 1.29 is 0 Å². The summed E-state index contributed by atoms with van der Waals surface area (Å²) in [4.78, 5) is 0. The number of halogens is 2. The van der Waals surface area contributed by atoms with Crippen molar-refractivity contribution in [3.8, 4) is 0 Å². The molecule has 0 saturated carbocycles. The van der Waals surface area contributed by atoms with E-state index in [1.165, 1.54) is 0 Å². The molecule has 25 heavy (non-hydrogen) atoms. The van der Waals surface area contributed by atoms with Gasteiger partial charge in [0.15, 0.2) is 5.11 Å². The molecule has 0 unspecified atom stereocenters. The monoisotopic (exact) mass is 394 g/mol. The fourth-order valence-corrected chi connectivity index (χ4v) is 2.91. The molecule has 9 heteroatoms. The number of hydrogen-bond acceptors (Lipinski definition) is 3. The molecule has 0 bridgehead atoms. The van der Waals surface area contributed by atoms with E-state index in [-0.39, 0.29) is 0 Å². The zero-order valence-electron chi connectivity index (χ0n) is 13.4. The van der Waals surface area contributed by atoms with E-state index in [0.29, 0.717) is 23.2 Å². The van der Waals surface area contributed by atoms with Crippen LogP contribution >= 0.6 is 35.4 Å². The first-order valence-electron chi connectivity index (χ1n) is 7.50. The molecule has 3 aromatic rings. The molecule has 2 N–H and O–H groups in total. The van der Waals surface area contributed by atoms with Crippen LogP contribution in [0.3, 0.4) is 0 Å². The maximum Gasteiger partial charge on any atom is 0.171 e. The van der Waals surface area contributed by atoms with Gasteiger partial charge in [0.1, 0.15) is 0 Å². The largest absolute Gasteiger partial charge is 0.357 e. The van der Waals surface area contributed by atoms with E-state index in [1.807, 2.05) is 37.5 Å². The molecule has 2 heterocycles. The van der Waals surface area contributed by atoms with Gasteiger partial charge in [-0.2, -0.15) is 10.2 Å². The molecular formula is C16H16Cl2N6S. The maximum atomic E-state index is 6.18. The van der Waals surface area contributed by atoms with E-state index >= 15 is 0 Å². The number of rotatable bonds is 5. The van der Waals surface area contributed by atoms with Gasteiger partial charge in [0.25, 0.3) is 0 Å². The average Bonchev–Trinajstić information content (AvgIpc) is 3.15. The topological polar surface area (TPSA) is 59.7 Å². The molecule has 0 fully saturated rings. The average molecular weight is 395 g/mol. The number of nitrogens with zero attached hydrogens (tertiary/aromatic N) is 4. The summed E-state index contributed by atoms with van der Waals surface area (Å²) in [5.41, 5.74) is 2.66. The van der Waals surface area contributed by atoms with Crippen molar-refractivity contribution in [3.05, 3.63) is 64.2 Å². The molecule has 0 aliphatic carbocycles. The highest BCUT2D eigenvalue weighted by Gasteiger charge is 2.08. The van der Waals surface area contributed by atoms with Crippen LogP contribution < -0.4 is 10.6 Å². The Hall–Kier alpha value is -2.09. The van der Waals surface area contributed by atoms with E-state index in [1.54, 1.807) is 21.8 Å². The summed E-state index contributed by atoms with van der Waals surface area (Å²) in [6.45, 7) is 1.07. The number of nitrogens with one attached hydrogen (secondary N) is 2.